The average Bonchev–Trinajstić information content (AvgIpc) is 2.26. The first-order valence-corrected chi connectivity index (χ1v) is 4.13. The minimum Gasteiger partial charge on any atom is -0.477 e. The van der Waals surface area contributed by atoms with Crippen molar-refractivity contribution in [2.24, 2.45) is 5.73 Å². The third-order valence-corrected chi connectivity index (χ3v) is 2.16. The third kappa shape index (κ3) is 1.58. The molecule has 4 N–H and O–H groups in total. The number of carboxylic acids is 1. The number of nitrogens with two attached hydrogens (primary N) is 1. The van der Waals surface area contributed by atoms with Crippen LogP contribution in [0.4, 0.5) is 0 Å². The second-order valence-electron chi connectivity index (χ2n) is 3.26. The number of rotatable bonds is 2. The summed E-state index contributed by atoms with van der Waals surface area (Å²) in [6.07, 6.45) is 0. The maximum atomic E-state index is 10.7. The van der Waals surface area contributed by atoms with E-state index in [2.05, 4.69) is 4.98 Å². The molecule has 1 aromatic heterocycles. The molecule has 4 nitrogen and oxygen atoms in total. The average molecular weight is 182 g/mol. The van der Waals surface area contributed by atoms with Crippen molar-refractivity contribution >= 4 is 5.97 Å². The number of aryl methyl sites for hydroxylation is 1. The number of nitrogens with one attached hydrogen (secondary N) is 1. The van der Waals surface area contributed by atoms with Crippen LogP contribution in [0.2, 0.25) is 0 Å². The SMILES string of the molecule is Cc1[nH]c(C(=O)O)c(C)c1[C@@H](C)N. The molecule has 4 heteroatoms. The first-order chi connectivity index (χ1) is 5.95. The van der Waals surface area contributed by atoms with Gasteiger partial charge in [-0.05, 0) is 31.9 Å². The van der Waals surface area contributed by atoms with Gasteiger partial charge in [0.05, 0.1) is 0 Å². The molecule has 1 rings (SSSR count). The van der Waals surface area contributed by atoms with Crippen molar-refractivity contribution in [3.63, 3.8) is 0 Å². The Bertz CT molecular complexity index is 340. The molecule has 1 atom stereocenters. The first kappa shape index (κ1) is 9.80. The topological polar surface area (TPSA) is 79.1 Å². The number of aromatic carboxylic acids is 1. The monoisotopic (exact) mass is 182 g/mol. The van der Waals surface area contributed by atoms with Crippen LogP contribution < -0.4 is 5.73 Å². The number of aromatic nitrogens is 1. The Morgan fingerprint density at radius 3 is 2.31 bits per heavy atom. The highest BCUT2D eigenvalue weighted by molar-refractivity contribution is 5.88. The summed E-state index contributed by atoms with van der Waals surface area (Å²) in [6, 6.07) is -0.135. The van der Waals surface area contributed by atoms with Crippen molar-refractivity contribution < 1.29 is 9.90 Å². The number of H-pyrrole nitrogens is 1. The van der Waals surface area contributed by atoms with Crippen LogP contribution in [0.25, 0.3) is 0 Å². The van der Waals surface area contributed by atoms with Gasteiger partial charge in [0.25, 0.3) is 0 Å². The van der Waals surface area contributed by atoms with Gasteiger partial charge in [-0.2, -0.15) is 0 Å². The normalized spacial score (nSPS) is 12.9. The van der Waals surface area contributed by atoms with Gasteiger partial charge in [0.2, 0.25) is 0 Å². The van der Waals surface area contributed by atoms with E-state index in [4.69, 9.17) is 10.8 Å². The Morgan fingerprint density at radius 2 is 2.08 bits per heavy atom. The molecule has 1 aromatic rings. The Labute approximate surface area is 76.8 Å². The lowest BCUT2D eigenvalue weighted by atomic mass is 10.0. The van der Waals surface area contributed by atoms with Crippen LogP contribution in [-0.4, -0.2) is 16.1 Å². The maximum absolute atomic E-state index is 10.7. The highest BCUT2D eigenvalue weighted by Crippen LogP contribution is 2.22. The van der Waals surface area contributed by atoms with Crippen molar-refractivity contribution in [1.29, 1.82) is 0 Å². The van der Waals surface area contributed by atoms with Gasteiger partial charge in [-0.1, -0.05) is 0 Å². The van der Waals surface area contributed by atoms with Crippen LogP contribution in [-0.2, 0) is 0 Å². The molecule has 0 aliphatic heterocycles. The minimum atomic E-state index is -0.937. The van der Waals surface area contributed by atoms with Gasteiger partial charge in [0, 0.05) is 11.7 Å². The highest BCUT2D eigenvalue weighted by Gasteiger charge is 2.18. The highest BCUT2D eigenvalue weighted by atomic mass is 16.4. The maximum Gasteiger partial charge on any atom is 0.352 e. The molecule has 13 heavy (non-hydrogen) atoms. The molecule has 0 unspecified atom stereocenters. The summed E-state index contributed by atoms with van der Waals surface area (Å²) in [4.78, 5) is 13.6. The van der Waals surface area contributed by atoms with Crippen LogP contribution in [0.15, 0.2) is 0 Å². The van der Waals surface area contributed by atoms with Gasteiger partial charge in [-0.25, -0.2) is 4.79 Å². The van der Waals surface area contributed by atoms with Gasteiger partial charge in [-0.3, -0.25) is 0 Å². The van der Waals surface area contributed by atoms with Crippen molar-refractivity contribution in [2.75, 3.05) is 0 Å². The summed E-state index contributed by atoms with van der Waals surface area (Å²) < 4.78 is 0. The van der Waals surface area contributed by atoms with E-state index in [-0.39, 0.29) is 11.7 Å². The van der Waals surface area contributed by atoms with Crippen LogP contribution in [0.5, 0.6) is 0 Å². The number of aromatic amines is 1. The van der Waals surface area contributed by atoms with Crippen molar-refractivity contribution in [2.45, 2.75) is 26.8 Å². The zero-order chi connectivity index (χ0) is 10.2. The van der Waals surface area contributed by atoms with Crippen LogP contribution >= 0.6 is 0 Å². The molecule has 72 valence electrons. The molecule has 0 saturated heterocycles. The van der Waals surface area contributed by atoms with E-state index in [1.807, 2.05) is 13.8 Å². The molecular formula is C9H14N2O2. The van der Waals surface area contributed by atoms with E-state index >= 15 is 0 Å². The summed E-state index contributed by atoms with van der Waals surface area (Å²) in [7, 11) is 0. The van der Waals surface area contributed by atoms with Gasteiger partial charge in [0.15, 0.2) is 0 Å². The van der Waals surface area contributed by atoms with Gasteiger partial charge in [-0.15, -0.1) is 0 Å². The van der Waals surface area contributed by atoms with Crippen molar-refractivity contribution in [1.82, 2.24) is 4.98 Å². The quantitative estimate of drug-likeness (QED) is 0.646. The predicted molar refractivity (Wildman–Crippen MR) is 49.8 cm³/mol. The largest absolute Gasteiger partial charge is 0.477 e. The molecule has 0 amide bonds. The molecule has 0 saturated carbocycles. The smallest absolute Gasteiger partial charge is 0.352 e. The fraction of sp³-hybridized carbons (Fsp3) is 0.444. The van der Waals surface area contributed by atoms with Crippen LogP contribution in [0.3, 0.4) is 0 Å². The second kappa shape index (κ2) is 3.22. The Kier molecular flexibility index (Phi) is 2.43. The van der Waals surface area contributed by atoms with Crippen LogP contribution in [0.1, 0.15) is 40.3 Å². The molecule has 0 spiro atoms. The lowest BCUT2D eigenvalue weighted by molar-refractivity contribution is 0.0690. The second-order valence-corrected chi connectivity index (χ2v) is 3.26. The third-order valence-electron chi connectivity index (χ3n) is 2.16. The number of hydrogen-bond acceptors (Lipinski definition) is 2. The van der Waals surface area contributed by atoms with Gasteiger partial charge < -0.3 is 15.8 Å². The molecule has 0 fully saturated rings. The summed E-state index contributed by atoms with van der Waals surface area (Å²) in [5.74, 6) is -0.937. The zero-order valence-electron chi connectivity index (χ0n) is 8.01. The fourth-order valence-electron chi connectivity index (χ4n) is 1.66. The Hall–Kier alpha value is -1.29. The van der Waals surface area contributed by atoms with E-state index < -0.39 is 5.97 Å². The van der Waals surface area contributed by atoms with E-state index in [1.54, 1.807) is 6.92 Å². The summed E-state index contributed by atoms with van der Waals surface area (Å²) in [5.41, 5.74) is 8.43. The van der Waals surface area contributed by atoms with E-state index in [0.717, 1.165) is 16.8 Å². The molecule has 1 heterocycles. The van der Waals surface area contributed by atoms with E-state index in [1.165, 1.54) is 0 Å². The molecule has 0 aromatic carbocycles. The lowest BCUT2D eigenvalue weighted by Crippen LogP contribution is -2.07. The summed E-state index contributed by atoms with van der Waals surface area (Å²) in [5, 5.41) is 8.81. The first-order valence-electron chi connectivity index (χ1n) is 4.13. The standard InChI is InChI=1S/C9H14N2O2/c1-4-7(5(2)10)6(3)11-8(4)9(12)13/h5,11H,10H2,1-3H3,(H,12,13)/t5-/m1/s1. The summed E-state index contributed by atoms with van der Waals surface area (Å²) >= 11 is 0. The lowest BCUT2D eigenvalue weighted by Gasteiger charge is -2.05. The van der Waals surface area contributed by atoms with E-state index in [9.17, 15) is 4.79 Å². The Balaban J connectivity index is 3.30. The number of carbonyl (C=O) groups is 1. The fourth-order valence-corrected chi connectivity index (χ4v) is 1.66. The number of carboxylic acid groups (broad SMARTS) is 1. The summed E-state index contributed by atoms with van der Waals surface area (Å²) in [6.45, 7) is 5.44. The zero-order valence-corrected chi connectivity index (χ0v) is 8.01. The van der Waals surface area contributed by atoms with Crippen molar-refractivity contribution in [3.05, 3.63) is 22.5 Å². The van der Waals surface area contributed by atoms with Gasteiger partial charge in [0.1, 0.15) is 5.69 Å². The molecule has 0 bridgehead atoms. The van der Waals surface area contributed by atoms with Crippen molar-refractivity contribution in [3.8, 4) is 0 Å². The Morgan fingerprint density at radius 1 is 1.54 bits per heavy atom. The minimum absolute atomic E-state index is 0.135. The predicted octanol–water partition coefficient (Wildman–Crippen LogP) is 1.35. The van der Waals surface area contributed by atoms with Crippen LogP contribution in [0, 0.1) is 13.8 Å². The molecular weight excluding hydrogens is 168 g/mol. The van der Waals surface area contributed by atoms with E-state index in [0.29, 0.717) is 0 Å². The molecule has 0 radical (unpaired) electrons. The van der Waals surface area contributed by atoms with Gasteiger partial charge >= 0.3 is 5.97 Å². The number of hydrogen-bond donors (Lipinski definition) is 3. The molecule has 0 aliphatic carbocycles. The molecule has 0 aliphatic rings.